The number of halogens is 1. The second kappa shape index (κ2) is 6.26. The molecule has 23 heavy (non-hydrogen) atoms. The molecule has 0 saturated carbocycles. The molecule has 0 aliphatic carbocycles. The lowest BCUT2D eigenvalue weighted by Gasteiger charge is -2.01. The van der Waals surface area contributed by atoms with Crippen molar-refractivity contribution in [2.75, 3.05) is 0 Å². The van der Waals surface area contributed by atoms with E-state index in [4.69, 9.17) is 11.6 Å². The second-order valence-electron chi connectivity index (χ2n) is 5.25. The summed E-state index contributed by atoms with van der Waals surface area (Å²) in [6, 6.07) is 15.0. The number of hydrogen-bond donors (Lipinski definition) is 1. The van der Waals surface area contributed by atoms with E-state index in [0.29, 0.717) is 10.6 Å². The molecule has 0 radical (unpaired) electrons. The Balaban J connectivity index is 1.86. The maximum absolute atomic E-state index is 12.1. The van der Waals surface area contributed by atoms with Crippen LogP contribution in [-0.4, -0.2) is 16.7 Å². The van der Waals surface area contributed by atoms with Crippen LogP contribution in [0, 0.1) is 6.92 Å². The van der Waals surface area contributed by atoms with Gasteiger partial charge in [-0.05, 0) is 25.1 Å². The summed E-state index contributed by atoms with van der Waals surface area (Å²) in [6.45, 7) is 2.03. The van der Waals surface area contributed by atoms with Crippen LogP contribution in [0.3, 0.4) is 0 Å². The maximum atomic E-state index is 12.1. The van der Waals surface area contributed by atoms with Crippen molar-refractivity contribution in [2.24, 2.45) is 12.1 Å². The molecule has 1 heterocycles. The number of para-hydroxylation sites is 1. The Morgan fingerprint density at radius 1 is 1.17 bits per heavy atom. The number of carbonyl (C=O) groups is 1. The third kappa shape index (κ3) is 2.85. The molecule has 0 atom stereocenters. The Labute approximate surface area is 139 Å². The van der Waals surface area contributed by atoms with E-state index >= 15 is 0 Å². The van der Waals surface area contributed by atoms with Crippen LogP contribution in [-0.2, 0) is 7.05 Å². The van der Waals surface area contributed by atoms with Gasteiger partial charge >= 0.3 is 0 Å². The van der Waals surface area contributed by atoms with Crippen LogP contribution in [0.2, 0.25) is 5.02 Å². The number of rotatable bonds is 3. The van der Waals surface area contributed by atoms with Crippen LogP contribution < -0.4 is 5.43 Å². The molecule has 3 aromatic rings. The topological polar surface area (TPSA) is 46.4 Å². The fourth-order valence-electron chi connectivity index (χ4n) is 2.57. The Kier molecular flexibility index (Phi) is 4.17. The first-order chi connectivity index (χ1) is 11.1. The van der Waals surface area contributed by atoms with E-state index in [1.807, 2.05) is 32.2 Å². The van der Waals surface area contributed by atoms with E-state index in [-0.39, 0.29) is 5.91 Å². The highest BCUT2D eigenvalue weighted by atomic mass is 35.5. The summed E-state index contributed by atoms with van der Waals surface area (Å²) in [7, 11) is 2.01. The molecule has 5 heteroatoms. The lowest BCUT2D eigenvalue weighted by atomic mass is 10.1. The van der Waals surface area contributed by atoms with E-state index in [0.717, 1.165) is 22.2 Å². The molecule has 0 aliphatic rings. The van der Waals surface area contributed by atoms with Crippen LogP contribution >= 0.6 is 11.6 Å². The zero-order chi connectivity index (χ0) is 16.4. The van der Waals surface area contributed by atoms with E-state index in [9.17, 15) is 4.79 Å². The number of aryl methyl sites for hydroxylation is 1. The standard InChI is InChI=1S/C18H16ClN3O/c1-12-15(13-7-4-6-10-17(13)22(12)2)11-20-21-18(23)14-8-3-5-9-16(14)19/h3-11H,1-2H3,(H,21,23)/b20-11+. The quantitative estimate of drug-likeness (QED) is 0.576. The number of hydrazone groups is 1. The Hall–Kier alpha value is -2.59. The smallest absolute Gasteiger partial charge is 0.272 e. The van der Waals surface area contributed by atoms with Crippen molar-refractivity contribution in [1.29, 1.82) is 0 Å². The van der Waals surface area contributed by atoms with Gasteiger partial charge in [0.15, 0.2) is 0 Å². The van der Waals surface area contributed by atoms with Gasteiger partial charge in [-0.1, -0.05) is 41.9 Å². The molecular formula is C18H16ClN3O. The third-order valence-corrected chi connectivity index (χ3v) is 4.26. The van der Waals surface area contributed by atoms with E-state index in [1.54, 1.807) is 30.5 Å². The van der Waals surface area contributed by atoms with Crippen molar-refractivity contribution in [3.63, 3.8) is 0 Å². The number of amides is 1. The molecule has 2 aromatic carbocycles. The monoisotopic (exact) mass is 325 g/mol. The Morgan fingerprint density at radius 3 is 2.65 bits per heavy atom. The summed E-state index contributed by atoms with van der Waals surface area (Å²) in [6.07, 6.45) is 1.67. The van der Waals surface area contributed by atoms with Crippen LogP contribution in [0.15, 0.2) is 53.6 Å². The summed E-state index contributed by atoms with van der Waals surface area (Å²) in [5.41, 5.74) is 6.13. The largest absolute Gasteiger partial charge is 0.347 e. The maximum Gasteiger partial charge on any atom is 0.272 e. The van der Waals surface area contributed by atoms with E-state index in [1.165, 1.54) is 0 Å². The second-order valence-corrected chi connectivity index (χ2v) is 5.66. The molecule has 0 fully saturated rings. The molecule has 4 nitrogen and oxygen atoms in total. The van der Waals surface area contributed by atoms with Gasteiger partial charge in [0.05, 0.1) is 16.8 Å². The molecule has 116 valence electrons. The predicted octanol–water partition coefficient (Wildman–Crippen LogP) is 3.90. The molecular weight excluding hydrogens is 310 g/mol. The fraction of sp³-hybridized carbons (Fsp3) is 0.111. The van der Waals surface area contributed by atoms with Gasteiger partial charge < -0.3 is 4.57 Å². The molecule has 1 N–H and O–H groups in total. The SMILES string of the molecule is Cc1c(/C=N/NC(=O)c2ccccc2Cl)c2ccccc2n1C. The first kappa shape index (κ1) is 15.3. The van der Waals surface area contributed by atoms with E-state index < -0.39 is 0 Å². The highest BCUT2D eigenvalue weighted by molar-refractivity contribution is 6.33. The number of nitrogens with zero attached hydrogens (tertiary/aromatic N) is 2. The molecule has 1 aromatic heterocycles. The highest BCUT2D eigenvalue weighted by Gasteiger charge is 2.10. The molecule has 0 bridgehead atoms. The van der Waals surface area contributed by atoms with Crippen molar-refractivity contribution in [3.05, 3.63) is 70.4 Å². The number of benzene rings is 2. The average molecular weight is 326 g/mol. The molecule has 1 amide bonds. The van der Waals surface area contributed by atoms with Crippen LogP contribution in [0.5, 0.6) is 0 Å². The van der Waals surface area contributed by atoms with Gasteiger partial charge in [-0.25, -0.2) is 5.43 Å². The Bertz CT molecular complexity index is 912. The molecule has 0 spiro atoms. The van der Waals surface area contributed by atoms with Crippen molar-refractivity contribution in [3.8, 4) is 0 Å². The minimum Gasteiger partial charge on any atom is -0.347 e. The molecule has 0 unspecified atom stereocenters. The number of aromatic nitrogens is 1. The number of fused-ring (bicyclic) bond motifs is 1. The third-order valence-electron chi connectivity index (χ3n) is 3.93. The number of carbonyl (C=O) groups excluding carboxylic acids is 1. The fourth-order valence-corrected chi connectivity index (χ4v) is 2.80. The van der Waals surface area contributed by atoms with Gasteiger partial charge in [0, 0.05) is 29.2 Å². The normalized spacial score (nSPS) is 11.3. The first-order valence-electron chi connectivity index (χ1n) is 7.21. The van der Waals surface area contributed by atoms with Crippen LogP contribution in [0.4, 0.5) is 0 Å². The summed E-state index contributed by atoms with van der Waals surface area (Å²) in [5.74, 6) is -0.329. The van der Waals surface area contributed by atoms with Gasteiger partial charge in [0.2, 0.25) is 0 Å². The summed E-state index contributed by atoms with van der Waals surface area (Å²) >= 11 is 6.01. The van der Waals surface area contributed by atoms with Gasteiger partial charge in [0.1, 0.15) is 0 Å². The van der Waals surface area contributed by atoms with Gasteiger partial charge in [-0.15, -0.1) is 0 Å². The predicted molar refractivity (Wildman–Crippen MR) is 94.2 cm³/mol. The van der Waals surface area contributed by atoms with Crippen LogP contribution in [0.25, 0.3) is 10.9 Å². The zero-order valence-electron chi connectivity index (χ0n) is 12.9. The number of nitrogens with one attached hydrogen (secondary N) is 1. The molecule has 3 rings (SSSR count). The van der Waals surface area contributed by atoms with E-state index in [2.05, 4.69) is 21.2 Å². The van der Waals surface area contributed by atoms with Crippen molar-refractivity contribution in [2.45, 2.75) is 6.92 Å². The lowest BCUT2D eigenvalue weighted by Crippen LogP contribution is -2.18. The number of hydrogen-bond acceptors (Lipinski definition) is 2. The van der Waals surface area contributed by atoms with Crippen molar-refractivity contribution in [1.82, 2.24) is 9.99 Å². The highest BCUT2D eigenvalue weighted by Crippen LogP contribution is 2.23. The average Bonchev–Trinajstić information content (AvgIpc) is 2.80. The molecule has 0 saturated heterocycles. The minimum atomic E-state index is -0.329. The van der Waals surface area contributed by atoms with Crippen molar-refractivity contribution >= 4 is 34.6 Å². The summed E-state index contributed by atoms with van der Waals surface area (Å²) < 4.78 is 2.10. The minimum absolute atomic E-state index is 0.329. The van der Waals surface area contributed by atoms with Crippen molar-refractivity contribution < 1.29 is 4.79 Å². The zero-order valence-corrected chi connectivity index (χ0v) is 13.6. The van der Waals surface area contributed by atoms with Gasteiger partial charge in [-0.3, -0.25) is 4.79 Å². The van der Waals surface area contributed by atoms with Crippen LogP contribution in [0.1, 0.15) is 21.6 Å². The summed E-state index contributed by atoms with van der Waals surface area (Å²) in [5, 5.41) is 5.59. The Morgan fingerprint density at radius 2 is 1.87 bits per heavy atom. The summed E-state index contributed by atoms with van der Waals surface area (Å²) in [4.78, 5) is 12.1. The molecule has 0 aliphatic heterocycles. The van der Waals surface area contributed by atoms with Gasteiger partial charge in [0.25, 0.3) is 5.91 Å². The van der Waals surface area contributed by atoms with Gasteiger partial charge in [-0.2, -0.15) is 5.10 Å². The first-order valence-corrected chi connectivity index (χ1v) is 7.59. The lowest BCUT2D eigenvalue weighted by molar-refractivity contribution is 0.0955.